The summed E-state index contributed by atoms with van der Waals surface area (Å²) in [6.45, 7) is 0. The van der Waals surface area contributed by atoms with E-state index < -0.39 is 91.1 Å². The average molecular weight is 480 g/mol. The second-order valence-corrected chi connectivity index (χ2v) is 8.80. The summed E-state index contributed by atoms with van der Waals surface area (Å²) in [5, 5.41) is -8.89. The first-order chi connectivity index (χ1) is 11.5. The van der Waals surface area contributed by atoms with Crippen LogP contribution in [-0.4, -0.2) is 45.5 Å². The average Bonchev–Trinajstić information content (AvgIpc) is 2.47. The Balaban J connectivity index is 4.37. The molecule has 0 unspecified atom stereocenters. The molecule has 0 heterocycles. The first-order valence-electron chi connectivity index (χ1n) is 5.91. The van der Waals surface area contributed by atoms with E-state index in [2.05, 4.69) is 9.37 Å². The molecule has 0 aromatic heterocycles. The predicted molar refractivity (Wildman–Crippen MR) is 73.4 cm³/mol. The molecule has 0 N–H and O–H groups in total. The summed E-state index contributed by atoms with van der Waals surface area (Å²) in [7, 11) is -6.64. The highest BCUT2D eigenvalue weighted by molar-refractivity contribution is 8.02. The Labute approximate surface area is 154 Å². The van der Waals surface area contributed by atoms with E-state index in [1.807, 2.05) is 0 Å². The van der Waals surface area contributed by atoms with E-state index in [0.717, 1.165) is 0 Å². The highest BCUT2D eigenvalue weighted by Gasteiger charge is 2.62. The monoisotopic (exact) mass is 480 g/mol. The zero-order valence-corrected chi connectivity index (χ0v) is 15.2. The van der Waals surface area contributed by atoms with Crippen molar-refractivity contribution in [2.75, 3.05) is 11.5 Å². The van der Waals surface area contributed by atoms with Crippen molar-refractivity contribution < 1.29 is 62.7 Å². The van der Waals surface area contributed by atoms with Gasteiger partial charge in [0.25, 0.3) is 0 Å². The molecular formula is C8H8F8O6S4-2. The van der Waals surface area contributed by atoms with Gasteiger partial charge in [0, 0.05) is 0 Å². The van der Waals surface area contributed by atoms with Crippen molar-refractivity contribution in [1.29, 1.82) is 0 Å². The van der Waals surface area contributed by atoms with Gasteiger partial charge in [-0.3, -0.25) is 5.04 Å². The van der Waals surface area contributed by atoms with Crippen molar-refractivity contribution in [3.05, 3.63) is 0 Å². The third-order valence-corrected chi connectivity index (χ3v) is 6.22. The van der Waals surface area contributed by atoms with Crippen molar-refractivity contribution in [3.63, 3.8) is 0 Å². The van der Waals surface area contributed by atoms with E-state index in [4.69, 9.17) is 0 Å². The number of hydrogen-bond acceptors (Lipinski definition) is 9. The standard InChI is InChI=1S/C8H10F8O6S4/c9-5(10,6(11,12)25-22-21-17)23-3-1-2-4-24-7(13,14)8(15,16)26(18,19)20/h17H,1-4H2,(H,18,19,20)/p-2. The van der Waals surface area contributed by atoms with Crippen LogP contribution in [0, 0.1) is 0 Å². The predicted octanol–water partition coefficient (Wildman–Crippen LogP) is 3.02. The molecule has 0 aliphatic carbocycles. The SMILES string of the molecule is O=S(=O)([O-])C(F)(F)C(F)(F)SCCCCSC(F)(F)C(F)(F)SOO[O-]. The van der Waals surface area contributed by atoms with Crippen molar-refractivity contribution in [3.8, 4) is 0 Å². The zero-order chi connectivity index (χ0) is 20.9. The van der Waals surface area contributed by atoms with Crippen LogP contribution in [0.5, 0.6) is 0 Å². The van der Waals surface area contributed by atoms with Gasteiger partial charge in [0.2, 0.25) is 0 Å². The molecule has 0 aromatic carbocycles. The summed E-state index contributed by atoms with van der Waals surface area (Å²) in [6.07, 6.45) is -0.879. The Morgan fingerprint density at radius 3 is 1.62 bits per heavy atom. The van der Waals surface area contributed by atoms with Crippen LogP contribution in [0.2, 0.25) is 0 Å². The largest absolute Gasteiger partial charge is 0.743 e. The lowest BCUT2D eigenvalue weighted by Crippen LogP contribution is -2.44. The van der Waals surface area contributed by atoms with E-state index >= 15 is 0 Å². The number of rotatable bonds is 13. The molecule has 0 aliphatic rings. The maximum Gasteiger partial charge on any atom is 0.406 e. The Bertz CT molecular complexity index is 545. The lowest BCUT2D eigenvalue weighted by atomic mass is 10.4. The Hall–Kier alpha value is 0.280. The summed E-state index contributed by atoms with van der Waals surface area (Å²) in [5.74, 6) is -1.60. The first-order valence-corrected chi connectivity index (χ1v) is 10.0. The van der Waals surface area contributed by atoms with Gasteiger partial charge in [-0.2, -0.15) is 39.5 Å². The van der Waals surface area contributed by atoms with E-state index in [9.17, 15) is 53.4 Å². The number of halogens is 8. The summed E-state index contributed by atoms with van der Waals surface area (Å²) in [6, 6.07) is 0. The fourth-order valence-corrected chi connectivity index (χ4v) is 3.83. The number of hydrogen-bond donors (Lipinski definition) is 0. The normalized spacial score (nSPS) is 14.7. The molecule has 0 radical (unpaired) electrons. The molecule has 0 atom stereocenters. The molecule has 158 valence electrons. The molecule has 0 saturated carbocycles. The maximum atomic E-state index is 13.1. The quantitative estimate of drug-likeness (QED) is 0.0984. The summed E-state index contributed by atoms with van der Waals surface area (Å²) in [5.41, 5.74) is 0. The van der Waals surface area contributed by atoms with Crippen molar-refractivity contribution in [2.24, 2.45) is 0 Å². The van der Waals surface area contributed by atoms with Crippen LogP contribution in [0.3, 0.4) is 0 Å². The summed E-state index contributed by atoms with van der Waals surface area (Å²) in [4.78, 5) is 0. The van der Waals surface area contributed by atoms with Gasteiger partial charge in [-0.25, -0.2) is 8.42 Å². The highest BCUT2D eigenvalue weighted by atomic mass is 32.2. The fourth-order valence-electron chi connectivity index (χ4n) is 1.02. The smallest absolute Gasteiger partial charge is 0.406 e. The van der Waals surface area contributed by atoms with Crippen LogP contribution < -0.4 is 5.26 Å². The van der Waals surface area contributed by atoms with Gasteiger partial charge >= 0.3 is 21.0 Å². The molecule has 0 amide bonds. The lowest BCUT2D eigenvalue weighted by molar-refractivity contribution is -0.777. The molecule has 6 nitrogen and oxygen atoms in total. The van der Waals surface area contributed by atoms with Gasteiger partial charge in [-0.1, -0.05) is 23.5 Å². The van der Waals surface area contributed by atoms with Crippen molar-refractivity contribution >= 4 is 45.7 Å². The lowest BCUT2D eigenvalue weighted by Gasteiger charge is -2.27. The highest BCUT2D eigenvalue weighted by Crippen LogP contribution is 2.50. The van der Waals surface area contributed by atoms with Crippen LogP contribution in [0.4, 0.5) is 35.1 Å². The summed E-state index contributed by atoms with van der Waals surface area (Å²) >= 11 is -2.77. The van der Waals surface area contributed by atoms with E-state index in [1.54, 1.807) is 0 Å². The Morgan fingerprint density at radius 1 is 0.808 bits per heavy atom. The Kier molecular flexibility index (Phi) is 9.76. The van der Waals surface area contributed by atoms with Gasteiger partial charge in [0.15, 0.2) is 10.1 Å². The third kappa shape index (κ3) is 7.02. The van der Waals surface area contributed by atoms with Crippen LogP contribution in [0.15, 0.2) is 0 Å². The maximum absolute atomic E-state index is 13.1. The molecule has 0 spiro atoms. The Morgan fingerprint density at radius 2 is 1.23 bits per heavy atom. The van der Waals surface area contributed by atoms with Gasteiger partial charge in [-0.05, 0) is 24.3 Å². The topological polar surface area (TPSA) is 98.7 Å². The molecule has 18 heteroatoms. The first kappa shape index (κ1) is 26.3. The van der Waals surface area contributed by atoms with Gasteiger partial charge < -0.3 is 9.81 Å². The molecule has 0 aliphatic heterocycles. The summed E-state index contributed by atoms with van der Waals surface area (Å²) < 4.78 is 137. The second-order valence-electron chi connectivity index (χ2n) is 4.14. The van der Waals surface area contributed by atoms with E-state index in [0.29, 0.717) is 0 Å². The van der Waals surface area contributed by atoms with Gasteiger partial charge in [-0.15, -0.1) is 0 Å². The van der Waals surface area contributed by atoms with Crippen LogP contribution in [-0.2, 0) is 19.5 Å². The molecule has 0 fully saturated rings. The molecule has 0 aromatic rings. The number of thioether (sulfide) groups is 2. The van der Waals surface area contributed by atoms with Crippen LogP contribution in [0.25, 0.3) is 0 Å². The van der Waals surface area contributed by atoms with E-state index in [-0.39, 0.29) is 0 Å². The van der Waals surface area contributed by atoms with Gasteiger partial charge in [0.05, 0.1) is 0 Å². The fraction of sp³-hybridized carbons (Fsp3) is 1.00. The molecule has 0 rings (SSSR count). The van der Waals surface area contributed by atoms with Gasteiger partial charge in [0.1, 0.15) is 12.0 Å². The molecule has 0 saturated heterocycles. The molecule has 26 heavy (non-hydrogen) atoms. The number of unbranched alkanes of at least 4 members (excludes halogenated alkanes) is 1. The minimum atomic E-state index is -6.64. The molecule has 0 bridgehead atoms. The second kappa shape index (κ2) is 9.66. The van der Waals surface area contributed by atoms with Crippen LogP contribution in [0.1, 0.15) is 12.8 Å². The minimum absolute atomic E-state index is 0.418. The zero-order valence-electron chi connectivity index (χ0n) is 11.9. The molecular weight excluding hydrogens is 472 g/mol. The van der Waals surface area contributed by atoms with Crippen molar-refractivity contribution in [2.45, 2.75) is 33.9 Å². The van der Waals surface area contributed by atoms with Crippen molar-refractivity contribution in [1.82, 2.24) is 0 Å². The third-order valence-electron chi connectivity index (χ3n) is 2.26. The van der Waals surface area contributed by atoms with E-state index in [1.165, 1.54) is 0 Å². The number of alkyl halides is 8. The van der Waals surface area contributed by atoms with Crippen LogP contribution >= 0.6 is 35.6 Å². The minimum Gasteiger partial charge on any atom is -0.743 e.